The molecule has 0 bridgehead atoms. The predicted octanol–water partition coefficient (Wildman–Crippen LogP) is 3.09. The fourth-order valence-corrected chi connectivity index (χ4v) is 3.04. The van der Waals surface area contributed by atoms with E-state index in [1.54, 1.807) is 30.5 Å². The maximum atomic E-state index is 12.5. The molecule has 0 atom stereocenters. The van der Waals surface area contributed by atoms with Crippen LogP contribution >= 0.6 is 22.9 Å². The molecule has 2 aromatic rings. The third-order valence-electron chi connectivity index (χ3n) is 2.97. The molecular weight excluding hydrogens is 324 g/mol. The number of hydrogen-bond donors (Lipinski definition) is 1. The Hall–Kier alpha value is -1.92. The van der Waals surface area contributed by atoms with E-state index >= 15 is 0 Å². The maximum Gasteiger partial charge on any atom is 0.323 e. The molecule has 0 fully saturated rings. The molecule has 0 spiro atoms. The third-order valence-corrected chi connectivity index (χ3v) is 4.42. The lowest BCUT2D eigenvalue weighted by Gasteiger charge is -2.20. The lowest BCUT2D eigenvalue weighted by Crippen LogP contribution is -2.35. The van der Waals surface area contributed by atoms with E-state index < -0.39 is 11.9 Å². The zero-order chi connectivity index (χ0) is 16.1. The number of aromatic nitrogens is 1. The van der Waals surface area contributed by atoms with Crippen LogP contribution in [0.15, 0.2) is 30.5 Å². The SMILES string of the molecule is CCc1ncc(CN(CC(=O)O)C(=O)c2ccccc2Cl)s1. The molecule has 1 heterocycles. The summed E-state index contributed by atoms with van der Waals surface area (Å²) in [5, 5.41) is 10.3. The average molecular weight is 339 g/mol. The second-order valence-electron chi connectivity index (χ2n) is 4.61. The first-order chi connectivity index (χ1) is 10.5. The zero-order valence-electron chi connectivity index (χ0n) is 12.0. The highest BCUT2D eigenvalue weighted by molar-refractivity contribution is 7.11. The number of carboxylic acid groups (broad SMARTS) is 1. The first-order valence-electron chi connectivity index (χ1n) is 6.70. The third kappa shape index (κ3) is 4.05. The number of rotatable bonds is 6. The number of nitrogens with zero attached hydrogens (tertiary/aromatic N) is 2. The van der Waals surface area contributed by atoms with Crippen molar-refractivity contribution in [3.8, 4) is 0 Å². The van der Waals surface area contributed by atoms with E-state index in [9.17, 15) is 9.59 Å². The van der Waals surface area contributed by atoms with Crippen molar-refractivity contribution < 1.29 is 14.7 Å². The van der Waals surface area contributed by atoms with Gasteiger partial charge in [0.2, 0.25) is 0 Å². The van der Waals surface area contributed by atoms with Gasteiger partial charge in [0.25, 0.3) is 5.91 Å². The summed E-state index contributed by atoms with van der Waals surface area (Å²) < 4.78 is 0. The summed E-state index contributed by atoms with van der Waals surface area (Å²) in [6.45, 7) is 1.81. The fraction of sp³-hybridized carbons (Fsp3) is 0.267. The number of hydrogen-bond acceptors (Lipinski definition) is 4. The van der Waals surface area contributed by atoms with Crippen molar-refractivity contribution in [3.05, 3.63) is 50.9 Å². The van der Waals surface area contributed by atoms with Crippen LogP contribution in [0.25, 0.3) is 0 Å². The number of carbonyl (C=O) groups excluding carboxylic acids is 1. The Kier molecular flexibility index (Phi) is 5.51. The van der Waals surface area contributed by atoms with Crippen LogP contribution in [0.3, 0.4) is 0 Å². The smallest absolute Gasteiger partial charge is 0.323 e. The molecule has 22 heavy (non-hydrogen) atoms. The first kappa shape index (κ1) is 16.5. The topological polar surface area (TPSA) is 70.5 Å². The molecule has 1 N–H and O–H groups in total. The van der Waals surface area contributed by atoms with Gasteiger partial charge < -0.3 is 10.0 Å². The predicted molar refractivity (Wildman–Crippen MR) is 85.3 cm³/mol. The fourth-order valence-electron chi connectivity index (χ4n) is 1.94. The van der Waals surface area contributed by atoms with Gasteiger partial charge in [-0.3, -0.25) is 9.59 Å². The van der Waals surface area contributed by atoms with Gasteiger partial charge in [0.1, 0.15) is 6.54 Å². The Morgan fingerprint density at radius 3 is 2.68 bits per heavy atom. The van der Waals surface area contributed by atoms with E-state index in [2.05, 4.69) is 4.98 Å². The van der Waals surface area contributed by atoms with Gasteiger partial charge in [-0.05, 0) is 18.6 Å². The summed E-state index contributed by atoms with van der Waals surface area (Å²) in [5.74, 6) is -1.47. The molecule has 2 rings (SSSR count). The molecule has 1 aromatic carbocycles. The lowest BCUT2D eigenvalue weighted by atomic mass is 10.2. The van der Waals surface area contributed by atoms with Crippen LogP contribution in [-0.2, 0) is 17.8 Å². The number of carboxylic acids is 1. The van der Waals surface area contributed by atoms with Crippen LogP contribution in [0.1, 0.15) is 27.2 Å². The Labute approximate surface area is 137 Å². The molecule has 0 aliphatic rings. The molecule has 0 aliphatic carbocycles. The summed E-state index contributed by atoms with van der Waals surface area (Å²) in [6.07, 6.45) is 2.49. The van der Waals surface area contributed by atoms with Crippen molar-refractivity contribution in [3.63, 3.8) is 0 Å². The number of amides is 1. The second kappa shape index (κ2) is 7.38. The quantitative estimate of drug-likeness (QED) is 0.878. The largest absolute Gasteiger partial charge is 0.480 e. The van der Waals surface area contributed by atoms with Gasteiger partial charge in [-0.25, -0.2) is 4.98 Å². The molecule has 0 radical (unpaired) electrons. The Morgan fingerprint density at radius 1 is 1.36 bits per heavy atom. The Morgan fingerprint density at radius 2 is 2.09 bits per heavy atom. The summed E-state index contributed by atoms with van der Waals surface area (Å²) in [6, 6.07) is 6.61. The van der Waals surface area contributed by atoms with Gasteiger partial charge >= 0.3 is 5.97 Å². The molecule has 7 heteroatoms. The van der Waals surface area contributed by atoms with Gasteiger partial charge in [-0.2, -0.15) is 0 Å². The minimum Gasteiger partial charge on any atom is -0.480 e. The summed E-state index contributed by atoms with van der Waals surface area (Å²) >= 11 is 7.50. The van der Waals surface area contributed by atoms with Crippen LogP contribution in [0.5, 0.6) is 0 Å². The molecule has 116 valence electrons. The van der Waals surface area contributed by atoms with Crippen LogP contribution in [0, 0.1) is 0 Å². The molecule has 1 aromatic heterocycles. The van der Waals surface area contributed by atoms with E-state index in [1.165, 1.54) is 16.2 Å². The highest BCUT2D eigenvalue weighted by atomic mass is 35.5. The van der Waals surface area contributed by atoms with Crippen LogP contribution in [0.4, 0.5) is 0 Å². The lowest BCUT2D eigenvalue weighted by molar-refractivity contribution is -0.137. The normalized spacial score (nSPS) is 10.5. The van der Waals surface area contributed by atoms with Crippen LogP contribution in [-0.4, -0.2) is 33.4 Å². The van der Waals surface area contributed by atoms with E-state index in [4.69, 9.17) is 16.7 Å². The van der Waals surface area contributed by atoms with Crippen molar-refractivity contribution in [1.82, 2.24) is 9.88 Å². The van der Waals surface area contributed by atoms with Gasteiger partial charge in [0.15, 0.2) is 0 Å². The van der Waals surface area contributed by atoms with Gasteiger partial charge in [-0.1, -0.05) is 30.7 Å². The summed E-state index contributed by atoms with van der Waals surface area (Å²) in [7, 11) is 0. The molecule has 5 nitrogen and oxygen atoms in total. The Balaban J connectivity index is 2.23. The van der Waals surface area contributed by atoms with Crippen molar-refractivity contribution in [2.45, 2.75) is 19.9 Å². The second-order valence-corrected chi connectivity index (χ2v) is 6.22. The average Bonchev–Trinajstić information content (AvgIpc) is 2.93. The summed E-state index contributed by atoms with van der Waals surface area (Å²) in [5.41, 5.74) is 0.297. The van der Waals surface area contributed by atoms with Crippen molar-refractivity contribution in [2.24, 2.45) is 0 Å². The van der Waals surface area contributed by atoms with Crippen molar-refractivity contribution in [1.29, 1.82) is 0 Å². The van der Waals surface area contributed by atoms with E-state index in [1.807, 2.05) is 6.92 Å². The highest BCUT2D eigenvalue weighted by Crippen LogP contribution is 2.20. The number of halogens is 1. The maximum absolute atomic E-state index is 12.5. The van der Waals surface area contributed by atoms with Crippen LogP contribution in [0.2, 0.25) is 5.02 Å². The number of thiazole rings is 1. The van der Waals surface area contributed by atoms with E-state index in [-0.39, 0.29) is 13.1 Å². The molecule has 0 unspecified atom stereocenters. The van der Waals surface area contributed by atoms with Crippen molar-refractivity contribution >= 4 is 34.8 Å². The monoisotopic (exact) mass is 338 g/mol. The van der Waals surface area contributed by atoms with E-state index in [0.717, 1.165) is 16.3 Å². The van der Waals surface area contributed by atoms with Gasteiger partial charge in [0, 0.05) is 11.1 Å². The first-order valence-corrected chi connectivity index (χ1v) is 7.90. The molecule has 0 saturated carbocycles. The molecule has 0 saturated heterocycles. The standard InChI is InChI=1S/C15H15ClN2O3S/c1-2-13-17-7-10(22-13)8-18(9-14(19)20)15(21)11-5-3-4-6-12(11)16/h3-7H,2,8-9H2,1H3,(H,19,20). The molecule has 0 aliphatic heterocycles. The number of benzene rings is 1. The van der Waals surface area contributed by atoms with E-state index in [0.29, 0.717) is 10.6 Å². The number of aliphatic carboxylic acids is 1. The van der Waals surface area contributed by atoms with Crippen LogP contribution < -0.4 is 0 Å². The summed E-state index contributed by atoms with van der Waals surface area (Å²) in [4.78, 5) is 29.9. The molecule has 1 amide bonds. The highest BCUT2D eigenvalue weighted by Gasteiger charge is 2.21. The van der Waals surface area contributed by atoms with Gasteiger partial charge in [0.05, 0.1) is 22.1 Å². The zero-order valence-corrected chi connectivity index (χ0v) is 13.5. The Bertz CT molecular complexity index is 687. The minimum absolute atomic E-state index is 0.202. The number of carbonyl (C=O) groups is 2. The minimum atomic E-state index is -1.07. The number of aryl methyl sites for hydroxylation is 1. The van der Waals surface area contributed by atoms with Gasteiger partial charge in [-0.15, -0.1) is 11.3 Å². The van der Waals surface area contributed by atoms with Crippen molar-refractivity contribution in [2.75, 3.05) is 6.54 Å². The molecular formula is C15H15ClN2O3S.